The number of benzene rings is 1. The molecule has 0 fully saturated rings. The van der Waals surface area contributed by atoms with E-state index >= 15 is 0 Å². The van der Waals surface area contributed by atoms with Gasteiger partial charge in [0.1, 0.15) is 0 Å². The molecule has 0 nitrogen and oxygen atoms in total. The summed E-state index contributed by atoms with van der Waals surface area (Å²) in [5.41, 5.74) is 12.5. The molecular weight excluding hydrogens is 491 g/mol. The van der Waals surface area contributed by atoms with E-state index < -0.39 is 22.9 Å². The van der Waals surface area contributed by atoms with Gasteiger partial charge in [-0.05, 0) is 0 Å². The average molecular weight is 527 g/mol. The Balaban J connectivity index is 1.97. The molecule has 0 heterocycles. The van der Waals surface area contributed by atoms with Crippen molar-refractivity contribution in [2.75, 3.05) is 0 Å². The van der Waals surface area contributed by atoms with Gasteiger partial charge in [-0.1, -0.05) is 0 Å². The van der Waals surface area contributed by atoms with Gasteiger partial charge in [0.15, 0.2) is 0 Å². The third-order valence-corrected chi connectivity index (χ3v) is 14.7. The summed E-state index contributed by atoms with van der Waals surface area (Å²) in [5.74, 6) is 0.702. The fraction of sp³-hybridized carbons (Fsp3) is 0.538. The second-order valence-electron chi connectivity index (χ2n) is 8.96. The average Bonchev–Trinajstić information content (AvgIpc) is 3.01. The normalized spacial score (nSPS) is 21.0. The molecule has 0 saturated heterocycles. The van der Waals surface area contributed by atoms with Crippen LogP contribution in [0.5, 0.6) is 0 Å². The number of allylic oxidation sites excluding steroid dienone is 5. The first-order valence-corrected chi connectivity index (χ1v) is 14.3. The van der Waals surface area contributed by atoms with E-state index in [9.17, 15) is 0 Å². The molecule has 1 aromatic rings. The first-order valence-electron chi connectivity index (χ1n) is 10.7. The molecule has 0 aliphatic heterocycles. The standard InChI is InChI=1S/C16H21.C10H15.Hf/c1-4-5-6-7-14-8-9-15-10-12(2)13(3)11-16(14)15;1-6-7(2)9(4)10(5)8(6)3;/h9-11,14H,4-7H2,1-3H3;1-5H3;. The van der Waals surface area contributed by atoms with Crippen molar-refractivity contribution in [3.63, 3.8) is 0 Å². The van der Waals surface area contributed by atoms with Crippen molar-refractivity contribution >= 4 is 6.08 Å². The Hall–Kier alpha value is -0.690. The predicted molar refractivity (Wildman–Crippen MR) is 116 cm³/mol. The van der Waals surface area contributed by atoms with Crippen LogP contribution < -0.4 is 0 Å². The van der Waals surface area contributed by atoms with Gasteiger partial charge in [0.2, 0.25) is 0 Å². The van der Waals surface area contributed by atoms with Crippen LogP contribution in [-0.2, 0) is 22.9 Å². The number of fused-ring (bicyclic) bond motifs is 1. The molecule has 0 spiro atoms. The molecule has 144 valence electrons. The Morgan fingerprint density at radius 3 is 2.07 bits per heavy atom. The van der Waals surface area contributed by atoms with Gasteiger partial charge in [-0.25, -0.2) is 0 Å². The summed E-state index contributed by atoms with van der Waals surface area (Å²) in [5, 5.41) is 0. The van der Waals surface area contributed by atoms with Gasteiger partial charge in [-0.3, -0.25) is 0 Å². The minimum atomic E-state index is -1.05. The number of unbranched alkanes of at least 4 members (excludes halogenated alkanes) is 2. The van der Waals surface area contributed by atoms with Gasteiger partial charge in [0, 0.05) is 0 Å². The van der Waals surface area contributed by atoms with Gasteiger partial charge >= 0.3 is 179 Å². The Bertz CT molecular complexity index is 823. The van der Waals surface area contributed by atoms with Crippen LogP contribution in [0.3, 0.4) is 0 Å². The van der Waals surface area contributed by atoms with Crippen LogP contribution >= 0.6 is 0 Å². The van der Waals surface area contributed by atoms with Crippen LogP contribution in [0.1, 0.15) is 95.4 Å². The van der Waals surface area contributed by atoms with Gasteiger partial charge in [0.05, 0.1) is 0 Å². The van der Waals surface area contributed by atoms with Gasteiger partial charge in [0.25, 0.3) is 0 Å². The number of hydrogen-bond donors (Lipinski definition) is 0. The van der Waals surface area contributed by atoms with E-state index in [-0.39, 0.29) is 0 Å². The summed E-state index contributed by atoms with van der Waals surface area (Å²) in [6.07, 6.45) is 8.02. The van der Waals surface area contributed by atoms with Crippen molar-refractivity contribution in [1.82, 2.24) is 0 Å². The van der Waals surface area contributed by atoms with Crippen molar-refractivity contribution in [2.24, 2.45) is 0 Å². The van der Waals surface area contributed by atoms with Gasteiger partial charge < -0.3 is 0 Å². The molecule has 2 aliphatic carbocycles. The van der Waals surface area contributed by atoms with E-state index in [4.69, 9.17) is 0 Å². The van der Waals surface area contributed by atoms with Crippen LogP contribution in [0, 0.1) is 13.8 Å². The molecule has 0 saturated carbocycles. The molecule has 0 N–H and O–H groups in total. The van der Waals surface area contributed by atoms with Crippen LogP contribution in [0.2, 0.25) is 3.17 Å². The van der Waals surface area contributed by atoms with Crippen LogP contribution in [-0.4, -0.2) is 0 Å². The molecule has 0 aromatic heterocycles. The summed E-state index contributed by atoms with van der Waals surface area (Å²) in [6, 6.07) is 4.96. The Morgan fingerprint density at radius 2 is 1.48 bits per heavy atom. The SMILES string of the molecule is CCCCCC1[C]([Hf][C]2(C)C(C)=C(C)C(C)=C2C)=Cc2cc(C)c(C)cc21. The van der Waals surface area contributed by atoms with Gasteiger partial charge in [-0.15, -0.1) is 0 Å². The van der Waals surface area contributed by atoms with E-state index in [0.29, 0.717) is 9.09 Å². The second kappa shape index (κ2) is 7.97. The van der Waals surface area contributed by atoms with E-state index in [0.717, 1.165) is 0 Å². The van der Waals surface area contributed by atoms with Gasteiger partial charge in [-0.2, -0.15) is 0 Å². The Morgan fingerprint density at radius 1 is 0.889 bits per heavy atom. The summed E-state index contributed by atoms with van der Waals surface area (Å²) in [6.45, 7) is 18.9. The predicted octanol–water partition coefficient (Wildman–Crippen LogP) is 8.27. The number of aryl methyl sites for hydroxylation is 2. The van der Waals surface area contributed by atoms with E-state index in [2.05, 4.69) is 73.6 Å². The molecule has 0 amide bonds. The zero-order valence-electron chi connectivity index (χ0n) is 18.6. The molecule has 1 atom stereocenters. The van der Waals surface area contributed by atoms with Crippen LogP contribution in [0.15, 0.2) is 37.8 Å². The fourth-order valence-corrected chi connectivity index (χ4v) is 12.1. The molecular formula is C26H36Hf. The second-order valence-corrected chi connectivity index (χ2v) is 15.5. The van der Waals surface area contributed by atoms with Crippen molar-refractivity contribution in [3.05, 3.63) is 60.0 Å². The Labute approximate surface area is 178 Å². The molecule has 0 radical (unpaired) electrons. The summed E-state index contributed by atoms with van der Waals surface area (Å²) in [7, 11) is 0. The van der Waals surface area contributed by atoms with Crippen molar-refractivity contribution in [2.45, 2.75) is 90.2 Å². The number of rotatable bonds is 6. The summed E-state index contributed by atoms with van der Waals surface area (Å²) in [4.78, 5) is 0. The molecule has 1 heteroatoms. The molecule has 3 rings (SSSR count). The van der Waals surface area contributed by atoms with E-state index in [1.54, 1.807) is 27.9 Å². The summed E-state index contributed by atoms with van der Waals surface area (Å²) >= 11 is -1.05. The molecule has 1 aromatic carbocycles. The minimum absolute atomic E-state index is 0.384. The van der Waals surface area contributed by atoms with Crippen molar-refractivity contribution in [1.29, 1.82) is 0 Å². The fourth-order valence-electron chi connectivity index (χ4n) is 4.83. The zero-order valence-corrected chi connectivity index (χ0v) is 22.2. The zero-order chi connectivity index (χ0) is 19.9. The van der Waals surface area contributed by atoms with E-state index in [1.807, 2.05) is 3.33 Å². The van der Waals surface area contributed by atoms with Crippen molar-refractivity contribution < 1.29 is 22.9 Å². The quantitative estimate of drug-likeness (QED) is 0.258. The molecule has 0 bridgehead atoms. The van der Waals surface area contributed by atoms with E-state index in [1.165, 1.54) is 42.4 Å². The van der Waals surface area contributed by atoms with Crippen molar-refractivity contribution in [3.8, 4) is 0 Å². The number of hydrogen-bond acceptors (Lipinski definition) is 0. The third kappa shape index (κ3) is 3.66. The van der Waals surface area contributed by atoms with Crippen LogP contribution in [0.4, 0.5) is 0 Å². The monoisotopic (exact) mass is 528 g/mol. The molecule has 2 aliphatic rings. The third-order valence-electron chi connectivity index (χ3n) is 7.44. The van der Waals surface area contributed by atoms with Crippen LogP contribution in [0.25, 0.3) is 6.08 Å². The topological polar surface area (TPSA) is 0 Å². The Kier molecular flexibility index (Phi) is 6.21. The first-order chi connectivity index (χ1) is 12.7. The molecule has 27 heavy (non-hydrogen) atoms. The maximum absolute atomic E-state index is 2.62. The maximum atomic E-state index is 2.62. The summed E-state index contributed by atoms with van der Waals surface area (Å²) < 4.78 is 2.24. The molecule has 1 unspecified atom stereocenters. The first kappa shape index (κ1) is 21.0.